The Hall–Kier alpha value is -1.85. The number of aliphatic carboxylic acids is 1. The predicted molar refractivity (Wildman–Crippen MR) is 77.0 cm³/mol. The summed E-state index contributed by atoms with van der Waals surface area (Å²) in [6, 6.07) is 1.71. The van der Waals surface area contributed by atoms with E-state index in [1.165, 1.54) is 0 Å². The zero-order valence-electron chi connectivity index (χ0n) is 12.3. The summed E-state index contributed by atoms with van der Waals surface area (Å²) in [5.74, 6) is 0.332. The van der Waals surface area contributed by atoms with Crippen LogP contribution in [-0.4, -0.2) is 34.2 Å². The van der Waals surface area contributed by atoms with Gasteiger partial charge in [0.25, 0.3) is 0 Å². The van der Waals surface area contributed by atoms with E-state index >= 15 is 0 Å². The monoisotopic (exact) mass is 281 g/mol. The van der Waals surface area contributed by atoms with Gasteiger partial charge in [-0.25, -0.2) is 4.98 Å². The average Bonchev–Trinajstić information content (AvgIpc) is 2.37. The van der Waals surface area contributed by atoms with Gasteiger partial charge in [-0.1, -0.05) is 13.8 Å². The third kappa shape index (κ3) is 6.36. The smallest absolute Gasteiger partial charge is 0.303 e. The Morgan fingerprint density at radius 3 is 2.85 bits per heavy atom. The SMILES string of the molecule is CCOc1ccnc(NCCC(C)(C)CCC(=O)O)n1. The maximum absolute atomic E-state index is 10.6. The first-order valence-corrected chi connectivity index (χ1v) is 6.84. The molecule has 0 aliphatic rings. The Morgan fingerprint density at radius 2 is 2.20 bits per heavy atom. The first-order valence-electron chi connectivity index (χ1n) is 6.84. The highest BCUT2D eigenvalue weighted by atomic mass is 16.5. The number of aromatic nitrogens is 2. The number of nitrogens with zero attached hydrogens (tertiary/aromatic N) is 2. The minimum Gasteiger partial charge on any atom is -0.481 e. The molecule has 20 heavy (non-hydrogen) atoms. The van der Waals surface area contributed by atoms with Crippen LogP contribution in [0.15, 0.2) is 12.3 Å². The van der Waals surface area contributed by atoms with Crippen LogP contribution in [0.5, 0.6) is 5.88 Å². The van der Waals surface area contributed by atoms with Gasteiger partial charge < -0.3 is 15.2 Å². The van der Waals surface area contributed by atoms with Crippen LogP contribution in [0.1, 0.15) is 40.0 Å². The van der Waals surface area contributed by atoms with Crippen LogP contribution in [0.3, 0.4) is 0 Å². The topological polar surface area (TPSA) is 84.3 Å². The highest BCUT2D eigenvalue weighted by Gasteiger charge is 2.18. The number of carboxylic acids is 1. The van der Waals surface area contributed by atoms with E-state index in [1.54, 1.807) is 12.3 Å². The van der Waals surface area contributed by atoms with E-state index in [0.717, 1.165) is 6.42 Å². The van der Waals surface area contributed by atoms with E-state index < -0.39 is 5.97 Å². The summed E-state index contributed by atoms with van der Waals surface area (Å²) in [5, 5.41) is 11.8. The molecule has 0 atom stereocenters. The first kappa shape index (κ1) is 16.2. The van der Waals surface area contributed by atoms with Crippen LogP contribution in [0.4, 0.5) is 5.95 Å². The van der Waals surface area contributed by atoms with E-state index in [1.807, 2.05) is 6.92 Å². The largest absolute Gasteiger partial charge is 0.481 e. The second-order valence-corrected chi connectivity index (χ2v) is 5.39. The van der Waals surface area contributed by atoms with E-state index in [9.17, 15) is 4.79 Å². The van der Waals surface area contributed by atoms with Crippen molar-refractivity contribution in [3.63, 3.8) is 0 Å². The van der Waals surface area contributed by atoms with Crippen LogP contribution in [0.25, 0.3) is 0 Å². The van der Waals surface area contributed by atoms with Gasteiger partial charge in [-0.15, -0.1) is 0 Å². The zero-order chi connectivity index (χ0) is 15.0. The summed E-state index contributed by atoms with van der Waals surface area (Å²) in [4.78, 5) is 18.9. The minimum absolute atomic E-state index is 0.0249. The van der Waals surface area contributed by atoms with Crippen molar-refractivity contribution in [2.24, 2.45) is 5.41 Å². The van der Waals surface area contributed by atoms with Gasteiger partial charge in [0.05, 0.1) is 6.61 Å². The number of anilines is 1. The molecule has 2 N–H and O–H groups in total. The van der Waals surface area contributed by atoms with Crippen molar-refractivity contribution in [2.45, 2.75) is 40.0 Å². The van der Waals surface area contributed by atoms with Gasteiger partial charge in [-0.2, -0.15) is 4.98 Å². The number of rotatable bonds is 9. The van der Waals surface area contributed by atoms with Crippen LogP contribution >= 0.6 is 0 Å². The minimum atomic E-state index is -0.751. The number of hydrogen-bond acceptors (Lipinski definition) is 5. The molecule has 1 heterocycles. The third-order valence-electron chi connectivity index (χ3n) is 3.02. The molecule has 0 saturated carbocycles. The standard InChI is InChI=1S/C14H23N3O3/c1-4-20-11-6-9-15-13(17-11)16-10-8-14(2,3)7-5-12(18)19/h6,9H,4-5,7-8,10H2,1-3H3,(H,18,19)(H,15,16,17). The van der Waals surface area contributed by atoms with Crippen molar-refractivity contribution < 1.29 is 14.6 Å². The van der Waals surface area contributed by atoms with E-state index in [-0.39, 0.29) is 11.8 Å². The number of ether oxygens (including phenoxy) is 1. The van der Waals surface area contributed by atoms with Crippen molar-refractivity contribution in [2.75, 3.05) is 18.5 Å². The molecule has 0 amide bonds. The molecule has 112 valence electrons. The molecule has 0 unspecified atom stereocenters. The Morgan fingerprint density at radius 1 is 1.45 bits per heavy atom. The van der Waals surface area contributed by atoms with Crippen molar-refractivity contribution in [1.29, 1.82) is 0 Å². The molecule has 1 rings (SSSR count). The zero-order valence-corrected chi connectivity index (χ0v) is 12.3. The lowest BCUT2D eigenvalue weighted by atomic mass is 9.84. The Bertz CT molecular complexity index is 435. The molecule has 0 saturated heterocycles. The summed E-state index contributed by atoms with van der Waals surface area (Å²) in [5.41, 5.74) is -0.0249. The van der Waals surface area contributed by atoms with Crippen molar-refractivity contribution in [1.82, 2.24) is 9.97 Å². The first-order chi connectivity index (χ1) is 9.43. The summed E-state index contributed by atoms with van der Waals surface area (Å²) in [6.45, 7) is 7.30. The van der Waals surface area contributed by atoms with Crippen molar-refractivity contribution in [3.8, 4) is 5.88 Å². The molecule has 6 nitrogen and oxygen atoms in total. The fourth-order valence-electron chi connectivity index (χ4n) is 1.74. The summed E-state index contributed by atoms with van der Waals surface area (Å²) in [7, 11) is 0. The normalized spacial score (nSPS) is 11.2. The molecule has 1 aromatic heterocycles. The highest BCUT2D eigenvalue weighted by Crippen LogP contribution is 2.26. The molecule has 1 aromatic rings. The highest BCUT2D eigenvalue weighted by molar-refractivity contribution is 5.66. The van der Waals surface area contributed by atoms with Crippen LogP contribution in [0.2, 0.25) is 0 Å². The van der Waals surface area contributed by atoms with E-state index in [2.05, 4.69) is 29.1 Å². The van der Waals surface area contributed by atoms with Gasteiger partial charge in [-0.3, -0.25) is 4.79 Å². The molecule has 0 fully saturated rings. The third-order valence-corrected chi connectivity index (χ3v) is 3.02. The summed E-state index contributed by atoms with van der Waals surface area (Å²) in [6.07, 6.45) is 3.35. The van der Waals surface area contributed by atoms with Gasteiger partial charge in [0.2, 0.25) is 11.8 Å². The maximum Gasteiger partial charge on any atom is 0.303 e. The number of carbonyl (C=O) groups is 1. The van der Waals surface area contributed by atoms with Gasteiger partial charge >= 0.3 is 5.97 Å². The van der Waals surface area contributed by atoms with Crippen LogP contribution < -0.4 is 10.1 Å². The molecular weight excluding hydrogens is 258 g/mol. The van der Waals surface area contributed by atoms with Crippen molar-refractivity contribution in [3.05, 3.63) is 12.3 Å². The maximum atomic E-state index is 10.6. The summed E-state index contributed by atoms with van der Waals surface area (Å²) < 4.78 is 5.30. The van der Waals surface area contributed by atoms with Crippen LogP contribution in [-0.2, 0) is 4.79 Å². The Balaban J connectivity index is 2.39. The number of carboxylic acid groups (broad SMARTS) is 1. The predicted octanol–water partition coefficient (Wildman–Crippen LogP) is 2.57. The number of hydrogen-bond donors (Lipinski definition) is 2. The van der Waals surface area contributed by atoms with Gasteiger partial charge in [-0.05, 0) is 25.2 Å². The molecule has 0 spiro atoms. The summed E-state index contributed by atoms with van der Waals surface area (Å²) >= 11 is 0. The molecule has 0 aliphatic carbocycles. The van der Waals surface area contributed by atoms with Crippen molar-refractivity contribution >= 4 is 11.9 Å². The molecule has 0 aromatic carbocycles. The average molecular weight is 281 g/mol. The quantitative estimate of drug-likeness (QED) is 0.723. The lowest BCUT2D eigenvalue weighted by Gasteiger charge is -2.23. The van der Waals surface area contributed by atoms with Crippen LogP contribution in [0, 0.1) is 5.41 Å². The lowest BCUT2D eigenvalue weighted by molar-refractivity contribution is -0.137. The lowest BCUT2D eigenvalue weighted by Crippen LogP contribution is -2.19. The molecule has 0 aliphatic heterocycles. The molecule has 0 radical (unpaired) electrons. The molecular formula is C14H23N3O3. The van der Waals surface area contributed by atoms with Gasteiger partial charge in [0.1, 0.15) is 0 Å². The van der Waals surface area contributed by atoms with Gasteiger partial charge in [0.15, 0.2) is 0 Å². The fourth-order valence-corrected chi connectivity index (χ4v) is 1.74. The Labute approximate surface area is 119 Å². The Kier molecular flexibility index (Phi) is 6.21. The second-order valence-electron chi connectivity index (χ2n) is 5.39. The van der Waals surface area contributed by atoms with E-state index in [0.29, 0.717) is 31.4 Å². The molecule has 0 bridgehead atoms. The number of nitrogens with one attached hydrogen (secondary N) is 1. The second kappa shape index (κ2) is 7.67. The van der Waals surface area contributed by atoms with E-state index in [4.69, 9.17) is 9.84 Å². The van der Waals surface area contributed by atoms with Gasteiger partial charge in [0, 0.05) is 25.2 Å². The fraction of sp³-hybridized carbons (Fsp3) is 0.643. The molecule has 6 heteroatoms.